The molecule has 7 nitrogen and oxygen atoms in total. The maximum absolute atomic E-state index is 12.7. The number of ether oxygens (including phenoxy) is 1. The summed E-state index contributed by atoms with van der Waals surface area (Å²) in [4.78, 5) is 9.67. The monoisotopic (exact) mass is 330 g/mol. The number of nitrogens with zero attached hydrogens (tertiary/aromatic N) is 5. The molecule has 3 rings (SSSR count). The van der Waals surface area contributed by atoms with Crippen LogP contribution >= 0.6 is 0 Å². The number of morpholine rings is 1. The van der Waals surface area contributed by atoms with E-state index in [1.165, 1.54) is 0 Å². The molecule has 0 unspecified atom stereocenters. The molecule has 0 aliphatic carbocycles. The van der Waals surface area contributed by atoms with Gasteiger partial charge in [-0.1, -0.05) is 0 Å². The van der Waals surface area contributed by atoms with E-state index < -0.39 is 12.0 Å². The molecule has 1 fully saturated rings. The van der Waals surface area contributed by atoms with Crippen LogP contribution in [-0.4, -0.2) is 63.9 Å². The summed E-state index contributed by atoms with van der Waals surface area (Å²) in [6, 6.07) is 1.65. The molecule has 1 N–H and O–H groups in total. The molecule has 0 aromatic carbocycles. The van der Waals surface area contributed by atoms with E-state index in [0.717, 1.165) is 24.1 Å². The van der Waals surface area contributed by atoms with Gasteiger partial charge >= 0.3 is 6.18 Å². The molecule has 1 aliphatic heterocycles. The predicted octanol–water partition coefficient (Wildman–Crippen LogP) is 1.20. The van der Waals surface area contributed by atoms with Crippen LogP contribution in [0.5, 0.6) is 0 Å². The Balaban J connectivity index is 1.75. The number of aryl methyl sites for hydroxylation is 1. The number of hydrogen-bond acceptors (Lipinski definition) is 6. The van der Waals surface area contributed by atoms with Crippen LogP contribution in [0.3, 0.4) is 0 Å². The van der Waals surface area contributed by atoms with Gasteiger partial charge in [-0.3, -0.25) is 4.90 Å². The Hall–Kier alpha value is -1.94. The van der Waals surface area contributed by atoms with Crippen molar-refractivity contribution < 1.29 is 17.9 Å². The largest absolute Gasteiger partial charge is 0.453 e. The third kappa shape index (κ3) is 3.70. The highest BCUT2D eigenvalue weighted by Gasteiger charge is 2.36. The predicted molar refractivity (Wildman–Crippen MR) is 76.3 cm³/mol. The molecule has 2 aromatic rings. The Kier molecular flexibility index (Phi) is 4.35. The molecule has 3 heterocycles. The minimum Gasteiger partial charge on any atom is -0.379 e. The summed E-state index contributed by atoms with van der Waals surface area (Å²) in [7, 11) is 0. The number of hydrogen-bond donors (Lipinski definition) is 1. The van der Waals surface area contributed by atoms with Crippen LogP contribution in [0.1, 0.15) is 11.5 Å². The van der Waals surface area contributed by atoms with Gasteiger partial charge in [-0.05, 0) is 6.92 Å². The first-order valence-corrected chi connectivity index (χ1v) is 7.29. The smallest absolute Gasteiger partial charge is 0.379 e. The quantitative estimate of drug-likeness (QED) is 0.908. The third-order valence-electron chi connectivity index (χ3n) is 3.53. The first kappa shape index (κ1) is 15.9. The molecular formula is C13H17F3N6O. The highest BCUT2D eigenvalue weighted by atomic mass is 19.4. The van der Waals surface area contributed by atoms with Gasteiger partial charge in [0.15, 0.2) is 0 Å². The Labute approximate surface area is 130 Å². The van der Waals surface area contributed by atoms with Gasteiger partial charge in [-0.25, -0.2) is 4.98 Å². The summed E-state index contributed by atoms with van der Waals surface area (Å²) in [6.07, 6.45) is -4.59. The summed E-state index contributed by atoms with van der Waals surface area (Å²) in [6.45, 7) is 6.18. The third-order valence-corrected chi connectivity index (χ3v) is 3.53. The summed E-state index contributed by atoms with van der Waals surface area (Å²) in [5.74, 6) is -0.804. The molecule has 23 heavy (non-hydrogen) atoms. The van der Waals surface area contributed by atoms with Crippen molar-refractivity contribution >= 4 is 11.6 Å². The number of aromatic nitrogens is 4. The Morgan fingerprint density at radius 2 is 2.00 bits per heavy atom. The summed E-state index contributed by atoms with van der Waals surface area (Å²) in [5, 5.41) is 6.62. The molecule has 0 radical (unpaired) electrons. The van der Waals surface area contributed by atoms with Crippen LogP contribution in [0, 0.1) is 6.92 Å². The van der Waals surface area contributed by atoms with Crippen molar-refractivity contribution in [3.63, 3.8) is 0 Å². The number of alkyl halides is 3. The molecule has 2 aromatic heterocycles. The van der Waals surface area contributed by atoms with Crippen molar-refractivity contribution in [2.75, 3.05) is 44.7 Å². The molecule has 1 aliphatic rings. The van der Waals surface area contributed by atoms with E-state index in [-0.39, 0.29) is 5.78 Å². The second kappa shape index (κ2) is 6.28. The molecule has 0 spiro atoms. The Bertz CT molecular complexity index is 680. The van der Waals surface area contributed by atoms with Crippen molar-refractivity contribution in [3.05, 3.63) is 17.6 Å². The lowest BCUT2D eigenvalue weighted by molar-refractivity contribution is -0.144. The van der Waals surface area contributed by atoms with Crippen LogP contribution in [0.25, 0.3) is 5.78 Å². The normalized spacial score (nSPS) is 16.9. The maximum atomic E-state index is 12.7. The SMILES string of the molecule is Cc1cc(NCCN2CCOCC2)n2nc(C(F)(F)F)nc2n1. The number of anilines is 1. The highest BCUT2D eigenvalue weighted by molar-refractivity contribution is 5.45. The van der Waals surface area contributed by atoms with Gasteiger partial charge in [0.2, 0.25) is 0 Å². The van der Waals surface area contributed by atoms with Crippen molar-refractivity contribution in [1.82, 2.24) is 24.5 Å². The maximum Gasteiger partial charge on any atom is 0.453 e. The van der Waals surface area contributed by atoms with Gasteiger partial charge in [-0.2, -0.15) is 22.7 Å². The van der Waals surface area contributed by atoms with Gasteiger partial charge in [0.25, 0.3) is 11.6 Å². The minimum absolute atomic E-state index is 0.0637. The fraction of sp³-hybridized carbons (Fsp3) is 0.615. The highest BCUT2D eigenvalue weighted by Crippen LogP contribution is 2.27. The van der Waals surface area contributed by atoms with Crippen molar-refractivity contribution in [2.45, 2.75) is 13.1 Å². The number of nitrogens with one attached hydrogen (secondary N) is 1. The van der Waals surface area contributed by atoms with Gasteiger partial charge in [-0.15, -0.1) is 5.10 Å². The number of rotatable bonds is 4. The molecule has 126 valence electrons. The van der Waals surface area contributed by atoms with E-state index in [4.69, 9.17) is 4.74 Å². The molecule has 1 saturated heterocycles. The first-order valence-electron chi connectivity index (χ1n) is 7.29. The van der Waals surface area contributed by atoms with Crippen LogP contribution in [0.2, 0.25) is 0 Å². The lowest BCUT2D eigenvalue weighted by Gasteiger charge is -2.26. The molecular weight excluding hydrogens is 313 g/mol. The van der Waals surface area contributed by atoms with Gasteiger partial charge in [0, 0.05) is 37.9 Å². The van der Waals surface area contributed by atoms with E-state index in [1.807, 2.05) is 0 Å². The number of fused-ring (bicyclic) bond motifs is 1. The average molecular weight is 330 g/mol. The Morgan fingerprint density at radius 3 is 2.70 bits per heavy atom. The standard InChI is InChI=1S/C13H17F3N6O/c1-9-8-10(17-2-3-21-4-6-23-7-5-21)22-12(18-9)19-11(20-22)13(14,15)16/h8,17H,2-7H2,1H3. The van der Waals surface area contributed by atoms with E-state index in [9.17, 15) is 13.2 Å². The lowest BCUT2D eigenvalue weighted by atomic mass is 10.4. The second-order valence-electron chi connectivity index (χ2n) is 5.31. The van der Waals surface area contributed by atoms with E-state index in [2.05, 4.69) is 25.3 Å². The van der Waals surface area contributed by atoms with Crippen LogP contribution in [0.15, 0.2) is 6.07 Å². The zero-order valence-electron chi connectivity index (χ0n) is 12.6. The molecule has 10 heteroatoms. The molecule has 0 bridgehead atoms. The van der Waals surface area contributed by atoms with Crippen molar-refractivity contribution in [1.29, 1.82) is 0 Å². The van der Waals surface area contributed by atoms with Gasteiger partial charge < -0.3 is 10.1 Å². The van der Waals surface area contributed by atoms with Crippen molar-refractivity contribution in [3.8, 4) is 0 Å². The summed E-state index contributed by atoms with van der Waals surface area (Å²) >= 11 is 0. The number of halogens is 3. The fourth-order valence-electron chi connectivity index (χ4n) is 2.40. The van der Waals surface area contributed by atoms with Gasteiger partial charge in [0.05, 0.1) is 13.2 Å². The lowest BCUT2D eigenvalue weighted by Crippen LogP contribution is -2.39. The fourth-order valence-corrected chi connectivity index (χ4v) is 2.40. The molecule has 0 atom stereocenters. The van der Waals surface area contributed by atoms with Crippen LogP contribution in [-0.2, 0) is 10.9 Å². The van der Waals surface area contributed by atoms with E-state index >= 15 is 0 Å². The minimum atomic E-state index is -4.59. The topological polar surface area (TPSA) is 67.6 Å². The van der Waals surface area contributed by atoms with Gasteiger partial charge in [0.1, 0.15) is 5.82 Å². The van der Waals surface area contributed by atoms with E-state index in [0.29, 0.717) is 31.3 Å². The zero-order chi connectivity index (χ0) is 16.4. The summed E-state index contributed by atoms with van der Waals surface area (Å²) in [5.41, 5.74) is 0.576. The first-order chi connectivity index (χ1) is 10.9. The van der Waals surface area contributed by atoms with Crippen LogP contribution in [0.4, 0.5) is 19.0 Å². The zero-order valence-corrected chi connectivity index (χ0v) is 12.6. The van der Waals surface area contributed by atoms with Crippen molar-refractivity contribution in [2.24, 2.45) is 0 Å². The molecule has 0 amide bonds. The van der Waals surface area contributed by atoms with Crippen LogP contribution < -0.4 is 5.32 Å². The second-order valence-corrected chi connectivity index (χ2v) is 5.31. The summed E-state index contributed by atoms with van der Waals surface area (Å²) < 4.78 is 44.6. The van der Waals surface area contributed by atoms with E-state index in [1.54, 1.807) is 13.0 Å². The molecule has 0 saturated carbocycles. The Morgan fingerprint density at radius 1 is 1.26 bits per heavy atom. The average Bonchev–Trinajstić information content (AvgIpc) is 2.92.